The number of aliphatic hydroxyl groups is 1. The summed E-state index contributed by atoms with van der Waals surface area (Å²) in [6, 6.07) is 0.450. The third-order valence-electron chi connectivity index (χ3n) is 1.50. The maximum absolute atomic E-state index is 10.8. The van der Waals surface area contributed by atoms with Gasteiger partial charge in [-0.05, 0) is 19.3 Å². The van der Waals surface area contributed by atoms with Gasteiger partial charge in [0.15, 0.2) is 0 Å². The first-order chi connectivity index (χ1) is 4.83. The van der Waals surface area contributed by atoms with Crippen LogP contribution < -0.4 is 5.32 Å². The molecule has 0 bridgehead atoms. The van der Waals surface area contributed by atoms with Crippen molar-refractivity contribution in [2.24, 2.45) is 0 Å². The van der Waals surface area contributed by atoms with Crippen LogP contribution in [0.2, 0.25) is 0 Å². The summed E-state index contributed by atoms with van der Waals surface area (Å²) < 4.78 is 0. The molecule has 1 rings (SSSR count). The van der Waals surface area contributed by atoms with E-state index in [1.165, 1.54) is 0 Å². The zero-order valence-corrected chi connectivity index (χ0v) is 5.97. The van der Waals surface area contributed by atoms with Gasteiger partial charge < -0.3 is 10.4 Å². The highest BCUT2D eigenvalue weighted by molar-refractivity contribution is 5.76. The predicted molar refractivity (Wildman–Crippen MR) is 37.5 cm³/mol. The van der Waals surface area contributed by atoms with E-state index in [4.69, 9.17) is 5.11 Å². The van der Waals surface area contributed by atoms with Crippen LogP contribution in [-0.2, 0) is 4.79 Å². The number of hydrogen-bond acceptors (Lipinski definition) is 2. The summed E-state index contributed by atoms with van der Waals surface area (Å²) in [6.45, 7) is 0.109. The van der Waals surface area contributed by atoms with Crippen LogP contribution in [0.4, 0.5) is 0 Å². The van der Waals surface area contributed by atoms with E-state index < -0.39 is 0 Å². The van der Waals surface area contributed by atoms with Crippen LogP contribution in [-0.4, -0.2) is 23.7 Å². The van der Waals surface area contributed by atoms with Gasteiger partial charge in [0.2, 0.25) is 5.91 Å². The minimum Gasteiger partial charge on any atom is -0.396 e. The van der Waals surface area contributed by atoms with Gasteiger partial charge in [-0.25, -0.2) is 0 Å². The fourth-order valence-corrected chi connectivity index (χ4v) is 0.767. The minimum absolute atomic E-state index is 0.0801. The maximum Gasteiger partial charge on any atom is 0.220 e. The molecule has 3 nitrogen and oxygen atoms in total. The fraction of sp³-hybridized carbons (Fsp3) is 0.857. The first-order valence-electron chi connectivity index (χ1n) is 3.73. The molecule has 0 spiro atoms. The normalized spacial score (nSPS) is 16.9. The quantitative estimate of drug-likeness (QED) is 0.583. The molecule has 58 valence electrons. The molecule has 1 aliphatic carbocycles. The first-order valence-corrected chi connectivity index (χ1v) is 3.73. The SMILES string of the molecule is O=C(CCCO)NC1CC1. The fourth-order valence-electron chi connectivity index (χ4n) is 0.767. The smallest absolute Gasteiger partial charge is 0.220 e. The Morgan fingerprint density at radius 2 is 2.30 bits per heavy atom. The van der Waals surface area contributed by atoms with E-state index in [9.17, 15) is 4.79 Å². The van der Waals surface area contributed by atoms with Crippen molar-refractivity contribution < 1.29 is 9.90 Å². The standard InChI is InChI=1S/C7H13NO2/c9-5-1-2-7(10)8-6-3-4-6/h6,9H,1-5H2,(H,8,10). The number of amides is 1. The molecular weight excluding hydrogens is 130 g/mol. The number of carbonyl (C=O) groups is 1. The molecule has 10 heavy (non-hydrogen) atoms. The monoisotopic (exact) mass is 143 g/mol. The average molecular weight is 143 g/mol. The Balaban J connectivity index is 1.97. The second kappa shape index (κ2) is 3.56. The number of aliphatic hydroxyl groups excluding tert-OH is 1. The highest BCUT2D eigenvalue weighted by Gasteiger charge is 2.22. The second-order valence-corrected chi connectivity index (χ2v) is 2.67. The van der Waals surface area contributed by atoms with Crippen molar-refractivity contribution in [2.75, 3.05) is 6.61 Å². The molecule has 3 heteroatoms. The van der Waals surface area contributed by atoms with Crippen molar-refractivity contribution >= 4 is 5.91 Å². The molecular formula is C7H13NO2. The molecule has 2 N–H and O–H groups in total. The van der Waals surface area contributed by atoms with Gasteiger partial charge in [-0.2, -0.15) is 0 Å². The van der Waals surface area contributed by atoms with Gasteiger partial charge in [-0.3, -0.25) is 4.79 Å². The third-order valence-corrected chi connectivity index (χ3v) is 1.50. The molecule has 0 radical (unpaired) electrons. The van der Waals surface area contributed by atoms with Crippen molar-refractivity contribution in [3.05, 3.63) is 0 Å². The Bertz CT molecular complexity index is 121. The Hall–Kier alpha value is -0.570. The van der Waals surface area contributed by atoms with E-state index >= 15 is 0 Å². The first kappa shape index (κ1) is 7.54. The summed E-state index contributed by atoms with van der Waals surface area (Å²) in [5.41, 5.74) is 0. The zero-order chi connectivity index (χ0) is 7.40. The summed E-state index contributed by atoms with van der Waals surface area (Å²) in [5.74, 6) is 0.0801. The number of hydrogen-bond donors (Lipinski definition) is 2. The summed E-state index contributed by atoms with van der Waals surface area (Å²) in [7, 11) is 0. The van der Waals surface area contributed by atoms with Crippen LogP contribution in [0.5, 0.6) is 0 Å². The molecule has 0 aromatic heterocycles. The Kier molecular flexibility index (Phi) is 2.68. The van der Waals surface area contributed by atoms with Crippen LogP contribution >= 0.6 is 0 Å². The molecule has 1 saturated carbocycles. The second-order valence-electron chi connectivity index (χ2n) is 2.67. The van der Waals surface area contributed by atoms with Gasteiger partial charge in [-0.15, -0.1) is 0 Å². The molecule has 1 fully saturated rings. The van der Waals surface area contributed by atoms with Gasteiger partial charge in [0, 0.05) is 19.1 Å². The molecule has 0 aliphatic heterocycles. The minimum atomic E-state index is 0.0801. The molecule has 1 aliphatic rings. The van der Waals surface area contributed by atoms with Crippen molar-refractivity contribution in [1.29, 1.82) is 0 Å². The van der Waals surface area contributed by atoms with E-state index in [0.717, 1.165) is 12.8 Å². The lowest BCUT2D eigenvalue weighted by molar-refractivity contribution is -0.121. The third kappa shape index (κ3) is 2.82. The molecule has 0 atom stereocenters. The van der Waals surface area contributed by atoms with Crippen molar-refractivity contribution in [2.45, 2.75) is 31.7 Å². The molecule has 0 heterocycles. The molecule has 1 amide bonds. The van der Waals surface area contributed by atoms with Crippen LogP contribution in [0.25, 0.3) is 0 Å². The number of carbonyl (C=O) groups excluding carboxylic acids is 1. The Morgan fingerprint density at radius 1 is 1.60 bits per heavy atom. The highest BCUT2D eigenvalue weighted by Crippen LogP contribution is 2.18. The number of rotatable bonds is 4. The van der Waals surface area contributed by atoms with Gasteiger partial charge in [0.05, 0.1) is 0 Å². The lowest BCUT2D eigenvalue weighted by Crippen LogP contribution is -2.25. The molecule has 0 unspecified atom stereocenters. The lowest BCUT2D eigenvalue weighted by atomic mass is 10.3. The molecule has 0 aromatic carbocycles. The maximum atomic E-state index is 10.8. The topological polar surface area (TPSA) is 49.3 Å². The van der Waals surface area contributed by atoms with E-state index in [1.807, 2.05) is 0 Å². The van der Waals surface area contributed by atoms with E-state index in [-0.39, 0.29) is 12.5 Å². The summed E-state index contributed by atoms with van der Waals surface area (Å²) in [5, 5.41) is 11.2. The lowest BCUT2D eigenvalue weighted by Gasteiger charge is -1.99. The van der Waals surface area contributed by atoms with Crippen LogP contribution in [0.3, 0.4) is 0 Å². The summed E-state index contributed by atoms with van der Waals surface area (Å²) in [4.78, 5) is 10.8. The highest BCUT2D eigenvalue weighted by atomic mass is 16.3. The summed E-state index contributed by atoms with van der Waals surface area (Å²) in [6.07, 6.45) is 3.31. The largest absolute Gasteiger partial charge is 0.396 e. The van der Waals surface area contributed by atoms with Crippen LogP contribution in [0, 0.1) is 0 Å². The molecule has 0 aromatic rings. The van der Waals surface area contributed by atoms with E-state index in [2.05, 4.69) is 5.32 Å². The van der Waals surface area contributed by atoms with Crippen molar-refractivity contribution in [1.82, 2.24) is 5.32 Å². The van der Waals surface area contributed by atoms with Crippen LogP contribution in [0.15, 0.2) is 0 Å². The van der Waals surface area contributed by atoms with Gasteiger partial charge in [0.1, 0.15) is 0 Å². The zero-order valence-electron chi connectivity index (χ0n) is 5.97. The average Bonchev–Trinajstić information content (AvgIpc) is 2.67. The van der Waals surface area contributed by atoms with Gasteiger partial charge in [-0.1, -0.05) is 0 Å². The Labute approximate surface area is 60.4 Å². The van der Waals surface area contributed by atoms with Crippen molar-refractivity contribution in [3.8, 4) is 0 Å². The van der Waals surface area contributed by atoms with E-state index in [1.54, 1.807) is 0 Å². The Morgan fingerprint density at radius 3 is 2.80 bits per heavy atom. The summed E-state index contributed by atoms with van der Waals surface area (Å²) >= 11 is 0. The van der Waals surface area contributed by atoms with Crippen molar-refractivity contribution in [3.63, 3.8) is 0 Å². The van der Waals surface area contributed by atoms with Gasteiger partial charge in [0.25, 0.3) is 0 Å². The van der Waals surface area contributed by atoms with E-state index in [0.29, 0.717) is 18.9 Å². The molecule has 0 saturated heterocycles. The number of nitrogens with one attached hydrogen (secondary N) is 1. The van der Waals surface area contributed by atoms with Crippen LogP contribution in [0.1, 0.15) is 25.7 Å². The van der Waals surface area contributed by atoms with Gasteiger partial charge >= 0.3 is 0 Å². The predicted octanol–water partition coefficient (Wildman–Crippen LogP) is 0.0375.